The van der Waals surface area contributed by atoms with Gasteiger partial charge < -0.3 is 52.4 Å². The minimum atomic E-state index is -0.703. The third-order valence-corrected chi connectivity index (χ3v) is 13.2. The maximum atomic E-state index is 15.6. The highest BCUT2D eigenvalue weighted by Gasteiger charge is 2.33. The number of alkyl carbamates (subject to hydrolysis) is 2. The van der Waals surface area contributed by atoms with Crippen molar-refractivity contribution >= 4 is 47.3 Å². The van der Waals surface area contributed by atoms with Crippen LogP contribution >= 0.6 is 0 Å². The summed E-state index contributed by atoms with van der Waals surface area (Å²) in [5.41, 5.74) is 6.31. The van der Waals surface area contributed by atoms with E-state index in [2.05, 4.69) is 47.2 Å². The zero-order chi connectivity index (χ0) is 56.1. The Bertz CT molecular complexity index is 2790. The fourth-order valence-corrected chi connectivity index (χ4v) is 9.24. The number of nitrogens with one attached hydrogen (secondary N) is 7. The van der Waals surface area contributed by atoms with Gasteiger partial charge in [0.1, 0.15) is 22.8 Å². The Morgan fingerprint density at radius 3 is 1.34 bits per heavy atom. The molecule has 2 fully saturated rings. The lowest BCUT2D eigenvalue weighted by Gasteiger charge is -2.34. The second kappa shape index (κ2) is 25.6. The molecule has 2 aliphatic carbocycles. The highest BCUT2D eigenvalue weighted by atomic mass is 19.1. The molecule has 0 bridgehead atoms. The van der Waals surface area contributed by atoms with Crippen molar-refractivity contribution in [2.75, 3.05) is 21.7 Å². The number of hydrogen-bond acceptors (Lipinski definition) is 12. The van der Waals surface area contributed by atoms with Gasteiger partial charge in [0.05, 0.1) is 34.3 Å². The van der Waals surface area contributed by atoms with Crippen LogP contribution in [0.1, 0.15) is 158 Å². The van der Waals surface area contributed by atoms with Gasteiger partial charge in [-0.3, -0.25) is 9.59 Å². The summed E-state index contributed by atoms with van der Waals surface area (Å²) in [7, 11) is 0. The summed E-state index contributed by atoms with van der Waals surface area (Å²) < 4.78 is 41.5. The normalized spacial score (nSPS) is 17.8. The largest absolute Gasteiger partial charge is 0.444 e. The fourth-order valence-electron chi connectivity index (χ4n) is 9.24. The number of rotatable bonds is 15. The molecule has 3 aromatic carbocycles. The van der Waals surface area contributed by atoms with E-state index in [1.54, 1.807) is 20.8 Å². The first kappa shape index (κ1) is 58.8. The molecular formula is C59H78F2N10O6. The summed E-state index contributed by atoms with van der Waals surface area (Å²) in [5, 5.41) is 21.3. The van der Waals surface area contributed by atoms with E-state index in [1.165, 1.54) is 6.07 Å². The van der Waals surface area contributed by atoms with Crippen LogP contribution in [0.5, 0.6) is 0 Å². The lowest BCUT2D eigenvalue weighted by Crippen LogP contribution is -2.50. The number of nitrogens with zero attached hydrogens (tertiary/aromatic N) is 2. The number of carbonyl (C=O) groups excluding carboxylic acids is 4. The van der Waals surface area contributed by atoms with E-state index in [9.17, 15) is 19.2 Å². The smallest absolute Gasteiger partial charge is 0.407 e. The lowest BCUT2D eigenvalue weighted by atomic mass is 9.90. The Morgan fingerprint density at radius 1 is 0.532 bits per heavy atom. The van der Waals surface area contributed by atoms with Crippen molar-refractivity contribution in [3.8, 4) is 0 Å². The van der Waals surface area contributed by atoms with Gasteiger partial charge in [-0.2, -0.15) is 0 Å². The van der Waals surface area contributed by atoms with Gasteiger partial charge in [0.25, 0.3) is 11.8 Å². The number of ether oxygens (including phenoxy) is 2. The third-order valence-electron chi connectivity index (χ3n) is 13.2. The second-order valence-electron chi connectivity index (χ2n) is 22.8. The van der Waals surface area contributed by atoms with Crippen LogP contribution in [0.25, 0.3) is 0 Å². The van der Waals surface area contributed by atoms with Crippen molar-refractivity contribution in [3.05, 3.63) is 143 Å². The van der Waals surface area contributed by atoms with Gasteiger partial charge in [0.15, 0.2) is 23.3 Å². The van der Waals surface area contributed by atoms with Crippen molar-refractivity contribution in [2.45, 2.75) is 174 Å². The molecule has 2 aliphatic rings. The van der Waals surface area contributed by atoms with E-state index in [1.807, 2.05) is 139 Å². The predicted molar refractivity (Wildman–Crippen MR) is 299 cm³/mol. The Kier molecular flexibility index (Phi) is 19.5. The minimum Gasteiger partial charge on any atom is -0.444 e. The first-order chi connectivity index (χ1) is 36.3. The van der Waals surface area contributed by atoms with Gasteiger partial charge in [-0.25, -0.2) is 28.3 Å². The van der Waals surface area contributed by atoms with E-state index in [-0.39, 0.29) is 58.6 Å². The average molecular weight is 1060 g/mol. The zero-order valence-corrected chi connectivity index (χ0v) is 46.2. The van der Waals surface area contributed by atoms with Gasteiger partial charge in [-0.15, -0.1) is 0 Å². The third kappa shape index (κ3) is 17.5. The molecule has 4 amide bonds. The number of benzene rings is 3. The van der Waals surface area contributed by atoms with E-state index in [0.717, 1.165) is 74.1 Å². The summed E-state index contributed by atoms with van der Waals surface area (Å²) >= 11 is 0. The van der Waals surface area contributed by atoms with Crippen LogP contribution in [0.3, 0.4) is 0 Å². The number of amides is 4. The Labute approximate surface area is 452 Å². The number of anilines is 4. The second-order valence-corrected chi connectivity index (χ2v) is 22.8. The quantitative estimate of drug-likeness (QED) is 0.0491. The monoisotopic (exact) mass is 1060 g/mol. The van der Waals surface area contributed by atoms with Crippen LogP contribution in [0.4, 0.5) is 41.6 Å². The maximum absolute atomic E-state index is 15.6. The molecule has 2 aromatic heterocycles. The van der Waals surface area contributed by atoms with Gasteiger partial charge in [0, 0.05) is 18.6 Å². The number of halogens is 2. The zero-order valence-electron chi connectivity index (χ0n) is 46.2. The highest BCUT2D eigenvalue weighted by molar-refractivity contribution is 6.00. The van der Waals surface area contributed by atoms with Crippen LogP contribution in [0.2, 0.25) is 0 Å². The average Bonchev–Trinajstić information content (AvgIpc) is 3.36. The lowest BCUT2D eigenvalue weighted by molar-refractivity contribution is 0.0477. The van der Waals surface area contributed by atoms with Crippen molar-refractivity contribution in [2.24, 2.45) is 0 Å². The van der Waals surface area contributed by atoms with Crippen LogP contribution in [0, 0.1) is 11.6 Å². The topological polar surface area (TPSA) is 223 Å². The number of hydrogen-bond donors (Lipinski definition) is 8. The molecule has 2 saturated carbocycles. The summed E-state index contributed by atoms with van der Waals surface area (Å²) in [4.78, 5) is 60.0. The van der Waals surface area contributed by atoms with Crippen molar-refractivity contribution in [1.29, 1.82) is 0 Å². The highest BCUT2D eigenvalue weighted by Crippen LogP contribution is 2.30. The van der Waals surface area contributed by atoms with Crippen molar-refractivity contribution in [1.82, 2.24) is 31.2 Å². The molecule has 0 aliphatic heterocycles. The molecule has 0 saturated heterocycles. The molecule has 77 heavy (non-hydrogen) atoms. The molecule has 0 spiro atoms. The molecule has 7 rings (SSSR count). The SMILES string of the molecule is CC(C)(C)OC(=O)N[C@H]1CCCCC1Nc1nc(N)c(C(=O)NC(C)(C)c2ccccc2)cc1F.CC(C)(C)OC(=O)N[C@H]1CCCCC1Nc1nc(NCc2ccccc2)c(C(=O)NC(C)(C)c2ccccc2)cc1F. The molecule has 2 heterocycles. The van der Waals surface area contributed by atoms with Crippen LogP contribution in [-0.4, -0.2) is 69.3 Å². The van der Waals surface area contributed by atoms with E-state index in [4.69, 9.17) is 15.2 Å². The van der Waals surface area contributed by atoms with Crippen LogP contribution in [-0.2, 0) is 27.1 Å². The van der Waals surface area contributed by atoms with E-state index in [0.29, 0.717) is 6.54 Å². The molecular weight excluding hydrogens is 983 g/mol. The van der Waals surface area contributed by atoms with E-state index >= 15 is 8.78 Å². The summed E-state index contributed by atoms with van der Waals surface area (Å²) in [6, 6.07) is 30.1. The number of carbonyl (C=O) groups is 4. The van der Waals surface area contributed by atoms with Gasteiger partial charge in [-0.1, -0.05) is 117 Å². The molecule has 9 N–H and O–H groups in total. The summed E-state index contributed by atoms with van der Waals surface area (Å²) in [6.07, 6.45) is 5.61. The number of aromatic nitrogens is 2. The maximum Gasteiger partial charge on any atom is 0.407 e. The molecule has 2 unspecified atom stereocenters. The molecule has 414 valence electrons. The first-order valence-corrected chi connectivity index (χ1v) is 26.5. The van der Waals surface area contributed by atoms with Crippen LogP contribution in [0.15, 0.2) is 103 Å². The predicted octanol–water partition coefficient (Wildman–Crippen LogP) is 11.5. The summed E-state index contributed by atoms with van der Waals surface area (Å²) in [5.74, 6) is -2.15. The number of pyridine rings is 2. The first-order valence-electron chi connectivity index (χ1n) is 26.5. The molecule has 0 radical (unpaired) electrons. The Hall–Kier alpha value is -7.50. The van der Waals surface area contributed by atoms with Gasteiger partial charge in [-0.05, 0) is 124 Å². The van der Waals surface area contributed by atoms with Crippen molar-refractivity contribution < 1.29 is 37.4 Å². The minimum absolute atomic E-state index is 0.0207. The fraction of sp³-hybridized carbons (Fsp3) is 0.458. The Balaban J connectivity index is 0.000000254. The number of nitrogens with two attached hydrogens (primary N) is 1. The number of nitrogen functional groups attached to an aromatic ring is 1. The molecule has 16 nitrogen and oxygen atoms in total. The molecule has 4 atom stereocenters. The van der Waals surface area contributed by atoms with E-state index < -0.39 is 57.9 Å². The summed E-state index contributed by atoms with van der Waals surface area (Å²) in [6.45, 7) is 18.7. The Morgan fingerprint density at radius 2 is 0.909 bits per heavy atom. The molecule has 5 aromatic rings. The molecule has 18 heteroatoms. The van der Waals surface area contributed by atoms with Crippen molar-refractivity contribution in [3.63, 3.8) is 0 Å². The standard InChI is InChI=1S/C33H42FN5O3.C26H36FN5O3/c1-32(2,3)42-31(41)37-27-19-13-12-18-26(27)36-29-25(34)20-24(28(38-29)35-21-22-14-8-6-9-15-22)30(40)39-33(4,5)23-16-10-7-11-17-23;1-25(2,3)35-24(34)30-20-14-10-9-13-19(20)29-22-18(27)15-17(21(28)31-22)23(33)32-26(4,5)16-11-7-6-8-12-16/h6-11,14-17,20,26-27H,12-13,18-19,21H2,1-5H3,(H,37,41)(H,39,40)(H2,35,36,38);6-8,11-12,15,19-20H,9-10,13-14H2,1-5H3,(H,30,34)(H,32,33)(H3,28,29,31)/t26?,27-;19?,20-/m00/s1. The van der Waals surface area contributed by atoms with Gasteiger partial charge in [0.2, 0.25) is 0 Å². The van der Waals surface area contributed by atoms with Gasteiger partial charge >= 0.3 is 12.2 Å². The van der Waals surface area contributed by atoms with Crippen LogP contribution < -0.4 is 43.0 Å².